The molecule has 4 saturated heterocycles. The fraction of sp³-hybridized carbons (Fsp3) is 0.279. The Bertz CT molecular complexity index is 5210. The van der Waals surface area contributed by atoms with Gasteiger partial charge in [0.1, 0.15) is 47.4 Å². The van der Waals surface area contributed by atoms with Crippen LogP contribution in [0, 0.1) is 23.7 Å². The number of nitrogens with one attached hydrogen (secondary N) is 2. The van der Waals surface area contributed by atoms with E-state index in [2.05, 4.69) is 45.3 Å². The number of carbonyl (C=O) groups excluding carboxylic acids is 6. The number of aromatic nitrogens is 4. The molecule has 28 nitrogen and oxygen atoms in total. The van der Waals surface area contributed by atoms with E-state index in [0.717, 1.165) is 65.3 Å². The van der Waals surface area contributed by atoms with Crippen molar-refractivity contribution < 1.29 is 81.5 Å². The number of imide groups is 2. The molecule has 14 N–H and O–H groups in total. The van der Waals surface area contributed by atoms with E-state index in [0.29, 0.717) is 48.0 Å². The van der Waals surface area contributed by atoms with Crippen molar-refractivity contribution in [3.63, 3.8) is 0 Å². The third kappa shape index (κ3) is 20.4. The SMILES string of the molecule is C=C1[C@H](Cc2ccnc(N)c2)[C@@H](C(=O)O)N1C(=O)N[C@@H](c1ccccc1)C(F)(F)F.C=C1[C@H](Cc2ccnc(N)c2)[C@@H](C(=O)O)N1C(=O)N[C@H](CC)c1ccccc1.CCc1cccc([C@@H](C)CC(=O)N2C(=O)[C@H](Cc3ccnc(N)c3)[C@H]2C(=O)O)c1.Nc1cc(C[C@H]2C(=O)N(C(=O)CCc3cccc4ccccc34)[C@@H]2C(=O)O)ccn1. The monoisotopic (exact) mass is 1600 g/mol. The van der Waals surface area contributed by atoms with Crippen LogP contribution in [0.1, 0.15) is 108 Å². The summed E-state index contributed by atoms with van der Waals surface area (Å²) in [6.07, 6.45) is 4.50. The van der Waals surface area contributed by atoms with Crippen LogP contribution in [0.25, 0.3) is 10.8 Å². The molecule has 8 heterocycles. The minimum atomic E-state index is -4.77. The zero-order valence-corrected chi connectivity index (χ0v) is 64.1. The third-order valence-corrected chi connectivity index (χ3v) is 20.9. The lowest BCUT2D eigenvalue weighted by molar-refractivity contribution is -0.177. The van der Waals surface area contributed by atoms with Crippen LogP contribution in [-0.2, 0) is 76.9 Å². The van der Waals surface area contributed by atoms with E-state index in [1.165, 1.54) is 53.3 Å². The molecule has 4 aromatic heterocycles. The first-order valence-electron chi connectivity index (χ1n) is 37.5. The Hall–Kier alpha value is -13.9. The molecule has 0 saturated carbocycles. The molecule has 0 bridgehead atoms. The first-order valence-corrected chi connectivity index (χ1v) is 37.5. The second-order valence-corrected chi connectivity index (χ2v) is 28.7. The molecule has 0 radical (unpaired) electrons. The predicted molar refractivity (Wildman–Crippen MR) is 428 cm³/mol. The molecule has 9 aromatic rings. The highest BCUT2D eigenvalue weighted by Gasteiger charge is 2.57. The number of nitrogens with two attached hydrogens (primary N) is 4. The van der Waals surface area contributed by atoms with Gasteiger partial charge in [0.25, 0.3) is 0 Å². The summed E-state index contributed by atoms with van der Waals surface area (Å²) in [4.78, 5) is 143. The number of β-lactam (4-membered cyclic amide) rings is 2. The number of nitrogen functional groups attached to an aromatic ring is 4. The highest BCUT2D eigenvalue weighted by atomic mass is 19.4. The molecule has 4 aliphatic heterocycles. The van der Waals surface area contributed by atoms with Crippen LogP contribution in [-0.4, -0.2) is 150 Å². The summed E-state index contributed by atoms with van der Waals surface area (Å²) in [5.41, 5.74) is 30.2. The lowest BCUT2D eigenvalue weighted by Gasteiger charge is -2.47. The summed E-state index contributed by atoms with van der Waals surface area (Å²) >= 11 is 0. The molecule has 8 amide bonds. The van der Waals surface area contributed by atoms with E-state index >= 15 is 0 Å². The van der Waals surface area contributed by atoms with Gasteiger partial charge in [-0.3, -0.25) is 38.8 Å². The maximum atomic E-state index is 13.5. The van der Waals surface area contributed by atoms with E-state index in [-0.39, 0.29) is 67.1 Å². The molecule has 117 heavy (non-hydrogen) atoms. The Morgan fingerprint density at radius 3 is 1.27 bits per heavy atom. The predicted octanol–water partition coefficient (Wildman–Crippen LogP) is 10.9. The van der Waals surface area contributed by atoms with Crippen LogP contribution >= 0.6 is 0 Å². The van der Waals surface area contributed by atoms with Crippen LogP contribution in [0.3, 0.4) is 0 Å². The van der Waals surface area contributed by atoms with Gasteiger partial charge < -0.3 is 54.0 Å². The van der Waals surface area contributed by atoms with Gasteiger partial charge >= 0.3 is 42.1 Å². The highest BCUT2D eigenvalue weighted by molar-refractivity contribution is 6.09. The second kappa shape index (κ2) is 37.8. The number of aryl methyl sites for hydroxylation is 2. The minimum Gasteiger partial charge on any atom is -0.480 e. The number of urea groups is 2. The molecule has 608 valence electrons. The number of carboxylic acid groups (broad SMARTS) is 4. The summed E-state index contributed by atoms with van der Waals surface area (Å²) in [5.74, 6) is -8.09. The number of halogens is 3. The van der Waals surface area contributed by atoms with Crippen molar-refractivity contribution in [1.29, 1.82) is 0 Å². The number of pyridine rings is 4. The van der Waals surface area contributed by atoms with Crippen molar-refractivity contribution in [3.05, 3.63) is 275 Å². The van der Waals surface area contributed by atoms with Crippen LogP contribution in [0.2, 0.25) is 0 Å². The summed E-state index contributed by atoms with van der Waals surface area (Å²) in [5, 5.41) is 45.4. The number of nitrogens with zero attached hydrogens (tertiary/aromatic N) is 8. The number of benzene rings is 5. The number of carbonyl (C=O) groups is 10. The number of amides is 8. The number of aliphatic carboxylic acids is 4. The van der Waals surface area contributed by atoms with Gasteiger partial charge in [-0.1, -0.05) is 161 Å². The van der Waals surface area contributed by atoms with Crippen molar-refractivity contribution in [1.82, 2.24) is 50.2 Å². The van der Waals surface area contributed by atoms with Gasteiger partial charge in [0, 0.05) is 60.9 Å². The lowest BCUT2D eigenvalue weighted by atomic mass is 9.80. The Balaban J connectivity index is 0.000000165. The maximum absolute atomic E-state index is 13.5. The third-order valence-electron chi connectivity index (χ3n) is 20.9. The number of likely N-dealkylation sites (tertiary alicyclic amines) is 4. The molecule has 13 rings (SSSR count). The van der Waals surface area contributed by atoms with E-state index in [1.807, 2.05) is 116 Å². The Morgan fingerprint density at radius 2 is 0.846 bits per heavy atom. The number of alkyl halides is 3. The minimum absolute atomic E-state index is 0.0679. The molecular weight excluding hydrogens is 1510 g/mol. The van der Waals surface area contributed by atoms with Gasteiger partial charge in [0.2, 0.25) is 23.6 Å². The van der Waals surface area contributed by atoms with Crippen LogP contribution < -0.4 is 33.6 Å². The Morgan fingerprint density at radius 1 is 0.462 bits per heavy atom. The summed E-state index contributed by atoms with van der Waals surface area (Å²) in [7, 11) is 0. The number of anilines is 4. The molecule has 0 unspecified atom stereocenters. The fourth-order valence-electron chi connectivity index (χ4n) is 14.9. The molecule has 0 aliphatic carbocycles. The standard InChI is InChI=1S/C23H21N3O4.C22H25N3O4.C21H24N4O3.C20H19F3N4O3/c24-19-13-14(10-11-25-19)12-18-21(23(29)30)26(22(18)28)20(27)9-8-16-6-3-5-15-4-1-2-7-17(15)16;1-3-14-5-4-6-16(10-14)13(2)9-19(26)25-20(22(28)29)17(21(25)27)11-15-7-8-24-18(23)12-15;1-3-17(15-7-5-4-6-8-15)24-21(28)25-13(2)16(19(25)20(26)27)11-14-9-10-23-18(22)12-14;1-11-14(9-12-7-8-25-15(24)10-12)16(18(28)29)27(11)19(30)26-17(20(21,22)23)13-5-3-2-4-6-13/h1-7,10-11,13,18,21H,8-9,12H2,(H2,24,25)(H,29,30);4-8,10,12-13,17,20H,3,9,11H2,1-2H3,(H2,23,24)(H,28,29);4-10,12,16-17,19H,2-3,11H2,1H3,(H2,22,23)(H,24,28)(H,26,27);2-8,10,14,16-17H,1,9H2,(H2,24,25)(H,26,30)(H,28,29)/t18-,21+;13-,17+,20-;16-,17+,19-;14-,16-,17-/m1000/s1. The maximum Gasteiger partial charge on any atom is 0.412 e. The number of carboxylic acids is 4. The summed E-state index contributed by atoms with van der Waals surface area (Å²) < 4.78 is 40.5. The zero-order valence-electron chi connectivity index (χ0n) is 64.1. The van der Waals surface area contributed by atoms with Gasteiger partial charge in [-0.15, -0.1) is 0 Å². The fourth-order valence-corrected chi connectivity index (χ4v) is 14.9. The number of fused-ring (bicyclic) bond motifs is 1. The van der Waals surface area contributed by atoms with Gasteiger partial charge in [-0.25, -0.2) is 48.7 Å². The van der Waals surface area contributed by atoms with Gasteiger partial charge in [0.05, 0.1) is 17.9 Å². The molecule has 11 atom stereocenters. The quantitative estimate of drug-likeness (QED) is 0.0251. The van der Waals surface area contributed by atoms with Crippen LogP contribution in [0.5, 0.6) is 0 Å². The first kappa shape index (κ1) is 85.6. The van der Waals surface area contributed by atoms with Gasteiger partial charge in [-0.2, -0.15) is 13.2 Å². The average molecular weight is 1600 g/mol. The highest BCUT2D eigenvalue weighted by Crippen LogP contribution is 2.42. The largest absolute Gasteiger partial charge is 0.480 e. The van der Waals surface area contributed by atoms with Crippen molar-refractivity contribution in [3.8, 4) is 0 Å². The smallest absolute Gasteiger partial charge is 0.412 e. The lowest BCUT2D eigenvalue weighted by Crippen LogP contribution is -2.66. The Labute approximate surface area is 671 Å². The molecule has 31 heteroatoms. The van der Waals surface area contributed by atoms with Gasteiger partial charge in [-0.05, 0) is 160 Å². The van der Waals surface area contributed by atoms with E-state index in [1.54, 1.807) is 60.8 Å². The number of hydrogen-bond donors (Lipinski definition) is 10. The van der Waals surface area contributed by atoms with E-state index in [9.17, 15) is 81.5 Å². The molecular formula is C86H89F3N14O14. The summed E-state index contributed by atoms with van der Waals surface area (Å²) in [6.45, 7) is 13.6. The van der Waals surface area contributed by atoms with E-state index in [4.69, 9.17) is 22.9 Å². The average Bonchev–Trinajstić information content (AvgIpc) is 0.763. The van der Waals surface area contributed by atoms with Crippen molar-refractivity contribution in [2.45, 2.75) is 127 Å². The zero-order chi connectivity index (χ0) is 84.7. The first-order chi connectivity index (χ1) is 55.8. The van der Waals surface area contributed by atoms with Crippen LogP contribution in [0.4, 0.5) is 46.0 Å². The summed E-state index contributed by atoms with van der Waals surface area (Å²) in [6, 6.07) is 42.7. The molecule has 4 fully saturated rings. The molecule has 5 aromatic carbocycles. The second-order valence-electron chi connectivity index (χ2n) is 28.7. The van der Waals surface area contributed by atoms with Crippen LogP contribution in [0.15, 0.2) is 225 Å². The van der Waals surface area contributed by atoms with E-state index < -0.39 is 114 Å². The topological polar surface area (TPSA) is 444 Å². The normalized spacial score (nSPS) is 19.3. The van der Waals surface area contributed by atoms with Crippen molar-refractivity contribution in [2.24, 2.45) is 23.7 Å². The van der Waals surface area contributed by atoms with Gasteiger partial charge in [0.15, 0.2) is 6.04 Å². The molecule has 0 spiro atoms. The van der Waals surface area contributed by atoms with Crippen molar-refractivity contribution >= 4 is 93.6 Å². The number of hydrogen-bond acceptors (Lipinski definition) is 18. The molecule has 4 aliphatic rings. The Kier molecular flexibility index (Phi) is 27.7. The number of rotatable bonds is 24. The van der Waals surface area contributed by atoms with Crippen molar-refractivity contribution in [2.75, 3.05) is 22.9 Å².